The molecule has 0 atom stereocenters. The van der Waals surface area contributed by atoms with Crippen molar-refractivity contribution >= 4 is 0 Å². The molecular formula is C12H18N2O. The summed E-state index contributed by atoms with van der Waals surface area (Å²) in [7, 11) is 0. The number of nitrogens with two attached hydrogens (primary N) is 1. The normalized spacial score (nSPS) is 10.5. The van der Waals surface area contributed by atoms with Crippen LogP contribution in [-0.2, 0) is 13.1 Å². The quantitative estimate of drug-likeness (QED) is 0.693. The molecule has 0 aliphatic rings. The fraction of sp³-hybridized carbons (Fsp3) is 0.333. The maximum atomic E-state index is 5.52. The van der Waals surface area contributed by atoms with Crippen molar-refractivity contribution < 1.29 is 4.42 Å². The van der Waals surface area contributed by atoms with Gasteiger partial charge < -0.3 is 10.2 Å². The van der Waals surface area contributed by atoms with E-state index in [0.29, 0.717) is 6.54 Å². The van der Waals surface area contributed by atoms with E-state index >= 15 is 0 Å². The van der Waals surface area contributed by atoms with Crippen LogP contribution < -0.4 is 5.73 Å². The van der Waals surface area contributed by atoms with Crippen molar-refractivity contribution in [1.29, 1.82) is 0 Å². The van der Waals surface area contributed by atoms with Gasteiger partial charge in [-0.25, -0.2) is 0 Å². The highest BCUT2D eigenvalue weighted by atomic mass is 16.3. The first-order valence-corrected chi connectivity index (χ1v) is 5.02. The van der Waals surface area contributed by atoms with E-state index in [0.717, 1.165) is 31.2 Å². The zero-order chi connectivity index (χ0) is 11.1. The molecule has 0 aromatic carbocycles. The number of rotatable bonds is 7. The smallest absolute Gasteiger partial charge is 0.118 e. The Hall–Kier alpha value is -1.32. The maximum Gasteiger partial charge on any atom is 0.118 e. The van der Waals surface area contributed by atoms with Crippen LogP contribution in [0.2, 0.25) is 0 Å². The van der Waals surface area contributed by atoms with Crippen molar-refractivity contribution in [2.45, 2.75) is 13.1 Å². The van der Waals surface area contributed by atoms with Gasteiger partial charge in [0.25, 0.3) is 0 Å². The molecule has 15 heavy (non-hydrogen) atoms. The third-order valence-corrected chi connectivity index (χ3v) is 2.07. The van der Waals surface area contributed by atoms with Gasteiger partial charge in [-0.05, 0) is 12.1 Å². The van der Waals surface area contributed by atoms with Crippen molar-refractivity contribution in [2.24, 2.45) is 5.73 Å². The van der Waals surface area contributed by atoms with E-state index in [9.17, 15) is 0 Å². The molecule has 1 aromatic heterocycles. The van der Waals surface area contributed by atoms with E-state index < -0.39 is 0 Å². The molecular weight excluding hydrogens is 188 g/mol. The topological polar surface area (TPSA) is 42.4 Å². The average Bonchev–Trinajstić information content (AvgIpc) is 2.66. The summed E-state index contributed by atoms with van der Waals surface area (Å²) in [5.74, 6) is 1.75. The summed E-state index contributed by atoms with van der Waals surface area (Å²) in [4.78, 5) is 2.18. The minimum Gasteiger partial charge on any atom is -0.463 e. The van der Waals surface area contributed by atoms with Crippen molar-refractivity contribution in [1.82, 2.24) is 4.90 Å². The predicted molar refractivity (Wildman–Crippen MR) is 62.3 cm³/mol. The lowest BCUT2D eigenvalue weighted by Crippen LogP contribution is -2.22. The minimum atomic E-state index is 0.447. The van der Waals surface area contributed by atoms with E-state index in [-0.39, 0.29) is 0 Å². The van der Waals surface area contributed by atoms with Crippen molar-refractivity contribution in [3.05, 3.63) is 49.0 Å². The summed E-state index contributed by atoms with van der Waals surface area (Å²) in [5, 5.41) is 0. The van der Waals surface area contributed by atoms with E-state index in [1.807, 2.05) is 24.3 Å². The molecule has 1 rings (SSSR count). The highest BCUT2D eigenvalue weighted by molar-refractivity contribution is 5.07. The Labute approximate surface area is 90.9 Å². The largest absolute Gasteiger partial charge is 0.463 e. The summed E-state index contributed by atoms with van der Waals surface area (Å²) in [6.45, 7) is 10.3. The van der Waals surface area contributed by atoms with Gasteiger partial charge in [-0.15, -0.1) is 13.2 Å². The number of hydrogen-bond donors (Lipinski definition) is 1. The van der Waals surface area contributed by atoms with Gasteiger partial charge in [0.15, 0.2) is 0 Å². The Balaban J connectivity index is 2.55. The van der Waals surface area contributed by atoms with E-state index in [1.54, 1.807) is 0 Å². The van der Waals surface area contributed by atoms with E-state index in [1.165, 1.54) is 0 Å². The lowest BCUT2D eigenvalue weighted by molar-refractivity contribution is 0.290. The molecule has 0 aliphatic carbocycles. The zero-order valence-corrected chi connectivity index (χ0v) is 8.98. The molecule has 0 amide bonds. The number of hydrogen-bond acceptors (Lipinski definition) is 3. The van der Waals surface area contributed by atoms with Crippen LogP contribution in [0.4, 0.5) is 0 Å². The van der Waals surface area contributed by atoms with Gasteiger partial charge in [-0.3, -0.25) is 4.90 Å². The SMILES string of the molecule is C=CCN(CC=C)Cc1ccc(CN)o1. The number of nitrogens with zero attached hydrogens (tertiary/aromatic N) is 1. The first kappa shape index (κ1) is 11.8. The first-order valence-electron chi connectivity index (χ1n) is 5.02. The van der Waals surface area contributed by atoms with Gasteiger partial charge in [0.05, 0.1) is 13.1 Å². The second kappa shape index (κ2) is 6.22. The molecule has 0 saturated carbocycles. The summed E-state index contributed by atoms with van der Waals surface area (Å²) in [6.07, 6.45) is 3.74. The van der Waals surface area contributed by atoms with Crippen LogP contribution in [-0.4, -0.2) is 18.0 Å². The molecule has 2 N–H and O–H groups in total. The molecule has 0 bridgehead atoms. The average molecular weight is 206 g/mol. The Bertz CT molecular complexity index is 307. The highest BCUT2D eigenvalue weighted by Gasteiger charge is 2.05. The minimum absolute atomic E-state index is 0.447. The third kappa shape index (κ3) is 3.73. The first-order chi connectivity index (χ1) is 7.30. The van der Waals surface area contributed by atoms with Crippen LogP contribution in [0.3, 0.4) is 0 Å². The van der Waals surface area contributed by atoms with Crippen molar-refractivity contribution in [2.75, 3.05) is 13.1 Å². The maximum absolute atomic E-state index is 5.52. The Morgan fingerprint density at radius 3 is 2.27 bits per heavy atom. The lowest BCUT2D eigenvalue weighted by Gasteiger charge is -2.16. The summed E-state index contributed by atoms with van der Waals surface area (Å²) in [6, 6.07) is 3.87. The summed E-state index contributed by atoms with van der Waals surface area (Å²) in [5.41, 5.74) is 5.47. The monoisotopic (exact) mass is 206 g/mol. The van der Waals surface area contributed by atoms with Crippen molar-refractivity contribution in [3.63, 3.8) is 0 Å². The third-order valence-electron chi connectivity index (χ3n) is 2.07. The van der Waals surface area contributed by atoms with Crippen LogP contribution in [0.1, 0.15) is 11.5 Å². The summed E-state index contributed by atoms with van der Waals surface area (Å²) >= 11 is 0. The van der Waals surface area contributed by atoms with Crippen molar-refractivity contribution in [3.8, 4) is 0 Å². The summed E-state index contributed by atoms with van der Waals surface area (Å²) < 4.78 is 5.52. The molecule has 3 nitrogen and oxygen atoms in total. The molecule has 0 aliphatic heterocycles. The Morgan fingerprint density at radius 2 is 1.80 bits per heavy atom. The van der Waals surface area contributed by atoms with Gasteiger partial charge in [0, 0.05) is 13.1 Å². The molecule has 1 aromatic rings. The predicted octanol–water partition coefficient (Wildman–Crippen LogP) is 1.91. The van der Waals surface area contributed by atoms with Gasteiger partial charge in [0.1, 0.15) is 11.5 Å². The Kier molecular flexibility index (Phi) is 4.87. The molecule has 0 saturated heterocycles. The van der Waals surface area contributed by atoms with E-state index in [4.69, 9.17) is 10.2 Å². The fourth-order valence-corrected chi connectivity index (χ4v) is 1.41. The van der Waals surface area contributed by atoms with Crippen LogP contribution in [0, 0.1) is 0 Å². The molecule has 0 spiro atoms. The van der Waals surface area contributed by atoms with Crippen LogP contribution >= 0.6 is 0 Å². The second-order valence-corrected chi connectivity index (χ2v) is 3.34. The standard InChI is InChI=1S/C12H18N2O/c1-3-7-14(8-4-2)10-12-6-5-11(9-13)15-12/h3-6H,1-2,7-10,13H2. The van der Waals surface area contributed by atoms with Crippen LogP contribution in [0.5, 0.6) is 0 Å². The zero-order valence-electron chi connectivity index (χ0n) is 8.98. The van der Waals surface area contributed by atoms with Gasteiger partial charge in [-0.1, -0.05) is 12.2 Å². The molecule has 1 heterocycles. The van der Waals surface area contributed by atoms with Crippen LogP contribution in [0.25, 0.3) is 0 Å². The van der Waals surface area contributed by atoms with Gasteiger partial charge in [-0.2, -0.15) is 0 Å². The molecule has 3 heteroatoms. The molecule has 0 unspecified atom stereocenters. The molecule has 0 radical (unpaired) electrons. The molecule has 82 valence electrons. The lowest BCUT2D eigenvalue weighted by atomic mass is 10.3. The Morgan fingerprint density at radius 1 is 1.20 bits per heavy atom. The molecule has 0 fully saturated rings. The fourth-order valence-electron chi connectivity index (χ4n) is 1.41. The van der Waals surface area contributed by atoms with E-state index in [2.05, 4.69) is 18.1 Å². The van der Waals surface area contributed by atoms with Gasteiger partial charge >= 0.3 is 0 Å². The van der Waals surface area contributed by atoms with Crippen LogP contribution in [0.15, 0.2) is 41.9 Å². The number of furan rings is 1. The van der Waals surface area contributed by atoms with Gasteiger partial charge in [0.2, 0.25) is 0 Å². The highest BCUT2D eigenvalue weighted by Crippen LogP contribution is 2.10. The second-order valence-electron chi connectivity index (χ2n) is 3.34.